The lowest BCUT2D eigenvalue weighted by Crippen LogP contribution is -2.24. The number of aromatic nitrogens is 2. The second kappa shape index (κ2) is 8.30. The molecule has 140 valence electrons. The molecule has 0 unspecified atom stereocenters. The summed E-state index contributed by atoms with van der Waals surface area (Å²) in [5, 5.41) is 3.48. The minimum atomic E-state index is -1.03. The molecule has 0 bridgehead atoms. The largest absolute Gasteiger partial charge is 0.325 e. The van der Waals surface area contributed by atoms with Crippen LogP contribution >= 0.6 is 11.8 Å². The molecule has 0 spiro atoms. The van der Waals surface area contributed by atoms with E-state index in [2.05, 4.69) is 10.3 Å². The van der Waals surface area contributed by atoms with Crippen LogP contribution in [0.25, 0.3) is 10.9 Å². The molecule has 3 aromatic rings. The summed E-state index contributed by atoms with van der Waals surface area (Å²) in [6, 6.07) is 10.2. The predicted molar refractivity (Wildman–Crippen MR) is 102 cm³/mol. The zero-order chi connectivity index (χ0) is 19.4. The van der Waals surface area contributed by atoms with Gasteiger partial charge in [-0.05, 0) is 30.7 Å². The van der Waals surface area contributed by atoms with Crippen molar-refractivity contribution in [2.75, 3.05) is 11.1 Å². The van der Waals surface area contributed by atoms with Crippen LogP contribution in [0, 0.1) is 11.6 Å². The third-order valence-electron chi connectivity index (χ3n) is 3.81. The standard InChI is InChI=1S/C19H17F2N3O2S/c1-2-9-24-18(26)13-5-3-4-6-16(13)23-19(24)27-11-17(25)22-12-7-8-14(20)15(21)10-12/h3-8,10H,2,9,11H2,1H3,(H,22,25). The maximum Gasteiger partial charge on any atom is 0.262 e. The molecular formula is C19H17F2N3O2S. The molecule has 2 aromatic carbocycles. The van der Waals surface area contributed by atoms with E-state index in [1.54, 1.807) is 28.8 Å². The van der Waals surface area contributed by atoms with Crippen molar-refractivity contribution >= 4 is 34.3 Å². The van der Waals surface area contributed by atoms with Crippen LogP contribution < -0.4 is 10.9 Å². The minimum Gasteiger partial charge on any atom is -0.325 e. The minimum absolute atomic E-state index is 0.0203. The number of nitrogens with zero attached hydrogens (tertiary/aromatic N) is 2. The molecule has 0 aliphatic rings. The highest BCUT2D eigenvalue weighted by Crippen LogP contribution is 2.19. The van der Waals surface area contributed by atoms with Gasteiger partial charge in [0.05, 0.1) is 16.7 Å². The first-order valence-corrected chi connectivity index (χ1v) is 9.35. The molecule has 8 heteroatoms. The molecule has 5 nitrogen and oxygen atoms in total. The number of halogens is 2. The van der Waals surface area contributed by atoms with Crippen LogP contribution in [0.15, 0.2) is 52.4 Å². The lowest BCUT2D eigenvalue weighted by Gasteiger charge is -2.12. The van der Waals surface area contributed by atoms with Gasteiger partial charge in [0, 0.05) is 18.3 Å². The first-order chi connectivity index (χ1) is 13.0. The summed E-state index contributed by atoms with van der Waals surface area (Å²) < 4.78 is 27.7. The molecule has 0 fully saturated rings. The van der Waals surface area contributed by atoms with E-state index in [1.165, 1.54) is 6.07 Å². The Morgan fingerprint density at radius 3 is 2.70 bits per heavy atom. The van der Waals surface area contributed by atoms with Gasteiger partial charge in [-0.2, -0.15) is 0 Å². The Hall–Kier alpha value is -2.74. The van der Waals surface area contributed by atoms with Crippen molar-refractivity contribution in [3.05, 3.63) is 64.5 Å². The molecule has 3 rings (SSSR count). The highest BCUT2D eigenvalue weighted by Gasteiger charge is 2.13. The fourth-order valence-corrected chi connectivity index (χ4v) is 3.40. The molecule has 0 aliphatic heterocycles. The normalized spacial score (nSPS) is 10.9. The van der Waals surface area contributed by atoms with Crippen LogP contribution in [0.2, 0.25) is 0 Å². The molecule has 27 heavy (non-hydrogen) atoms. The second-order valence-corrected chi connectivity index (χ2v) is 6.78. The summed E-state index contributed by atoms with van der Waals surface area (Å²) in [5.41, 5.74) is 0.584. The number of nitrogens with one attached hydrogen (secondary N) is 1. The summed E-state index contributed by atoms with van der Waals surface area (Å²) in [7, 11) is 0. The summed E-state index contributed by atoms with van der Waals surface area (Å²) in [5.74, 6) is -2.44. The summed E-state index contributed by atoms with van der Waals surface area (Å²) in [6.45, 7) is 2.44. The van der Waals surface area contributed by atoms with Crippen molar-refractivity contribution < 1.29 is 13.6 Å². The van der Waals surface area contributed by atoms with Gasteiger partial charge in [0.1, 0.15) is 0 Å². The Bertz CT molecular complexity index is 1050. The van der Waals surface area contributed by atoms with E-state index >= 15 is 0 Å². The highest BCUT2D eigenvalue weighted by atomic mass is 32.2. The molecule has 0 aliphatic carbocycles. The number of benzene rings is 2. The van der Waals surface area contributed by atoms with Crippen molar-refractivity contribution in [1.82, 2.24) is 9.55 Å². The van der Waals surface area contributed by atoms with Crippen molar-refractivity contribution in [3.63, 3.8) is 0 Å². The fraction of sp³-hybridized carbons (Fsp3) is 0.211. The van der Waals surface area contributed by atoms with Crippen LogP contribution in [0.1, 0.15) is 13.3 Å². The molecule has 0 saturated heterocycles. The maximum atomic E-state index is 13.2. The first kappa shape index (κ1) is 19.0. The average Bonchev–Trinajstić information content (AvgIpc) is 2.66. The number of amides is 1. The summed E-state index contributed by atoms with van der Waals surface area (Å²) in [4.78, 5) is 29.3. The van der Waals surface area contributed by atoms with E-state index in [9.17, 15) is 18.4 Å². The number of hydrogen-bond donors (Lipinski definition) is 1. The van der Waals surface area contributed by atoms with Gasteiger partial charge in [-0.15, -0.1) is 0 Å². The Morgan fingerprint density at radius 2 is 1.96 bits per heavy atom. The molecule has 1 heterocycles. The molecule has 1 N–H and O–H groups in total. The number of thioether (sulfide) groups is 1. The highest BCUT2D eigenvalue weighted by molar-refractivity contribution is 7.99. The van der Waals surface area contributed by atoms with Crippen LogP contribution in [0.4, 0.5) is 14.5 Å². The Balaban J connectivity index is 1.79. The predicted octanol–water partition coefficient (Wildman–Crippen LogP) is 3.82. The van der Waals surface area contributed by atoms with Crippen LogP contribution in [-0.2, 0) is 11.3 Å². The van der Waals surface area contributed by atoms with Gasteiger partial charge in [-0.25, -0.2) is 13.8 Å². The third-order valence-corrected chi connectivity index (χ3v) is 4.79. The fourth-order valence-electron chi connectivity index (χ4n) is 2.58. The second-order valence-electron chi connectivity index (χ2n) is 5.83. The zero-order valence-electron chi connectivity index (χ0n) is 14.5. The number of carbonyl (C=O) groups is 1. The number of anilines is 1. The molecular weight excluding hydrogens is 372 g/mol. The van der Waals surface area contributed by atoms with Crippen LogP contribution in [-0.4, -0.2) is 21.2 Å². The molecule has 0 atom stereocenters. The average molecular weight is 389 g/mol. The lowest BCUT2D eigenvalue weighted by molar-refractivity contribution is -0.113. The Labute approximate surface area is 158 Å². The summed E-state index contributed by atoms with van der Waals surface area (Å²) in [6.07, 6.45) is 0.745. The van der Waals surface area contributed by atoms with Crippen LogP contribution in [0.5, 0.6) is 0 Å². The zero-order valence-corrected chi connectivity index (χ0v) is 15.4. The van der Waals surface area contributed by atoms with Gasteiger partial charge < -0.3 is 5.32 Å². The van der Waals surface area contributed by atoms with Crippen molar-refractivity contribution in [2.45, 2.75) is 25.0 Å². The van der Waals surface area contributed by atoms with E-state index < -0.39 is 17.5 Å². The van der Waals surface area contributed by atoms with E-state index in [4.69, 9.17) is 0 Å². The van der Waals surface area contributed by atoms with Gasteiger partial charge in [0.2, 0.25) is 5.91 Å². The van der Waals surface area contributed by atoms with Gasteiger partial charge in [0.15, 0.2) is 16.8 Å². The number of fused-ring (bicyclic) bond motifs is 1. The van der Waals surface area contributed by atoms with E-state index in [0.717, 1.165) is 30.3 Å². The molecule has 0 radical (unpaired) electrons. The van der Waals surface area contributed by atoms with Crippen molar-refractivity contribution in [1.29, 1.82) is 0 Å². The van der Waals surface area contributed by atoms with E-state index in [0.29, 0.717) is 22.6 Å². The van der Waals surface area contributed by atoms with Gasteiger partial charge in [0.25, 0.3) is 5.56 Å². The van der Waals surface area contributed by atoms with Crippen LogP contribution in [0.3, 0.4) is 0 Å². The van der Waals surface area contributed by atoms with Gasteiger partial charge in [-0.3, -0.25) is 14.2 Å². The van der Waals surface area contributed by atoms with E-state index in [-0.39, 0.29) is 17.0 Å². The number of para-hydroxylation sites is 1. The van der Waals surface area contributed by atoms with Gasteiger partial charge in [-0.1, -0.05) is 30.8 Å². The topological polar surface area (TPSA) is 64.0 Å². The van der Waals surface area contributed by atoms with Crippen molar-refractivity contribution in [2.24, 2.45) is 0 Å². The lowest BCUT2D eigenvalue weighted by atomic mass is 10.2. The quantitative estimate of drug-likeness (QED) is 0.514. The third kappa shape index (κ3) is 4.33. The molecule has 1 amide bonds. The monoisotopic (exact) mass is 389 g/mol. The number of rotatable bonds is 6. The molecule has 1 aromatic heterocycles. The maximum absolute atomic E-state index is 13.2. The van der Waals surface area contributed by atoms with Crippen molar-refractivity contribution in [3.8, 4) is 0 Å². The Morgan fingerprint density at radius 1 is 1.19 bits per heavy atom. The number of carbonyl (C=O) groups excluding carboxylic acids is 1. The number of hydrogen-bond acceptors (Lipinski definition) is 4. The SMILES string of the molecule is CCCn1c(SCC(=O)Nc2ccc(F)c(F)c2)nc2ccccc2c1=O. The smallest absolute Gasteiger partial charge is 0.262 e. The summed E-state index contributed by atoms with van der Waals surface area (Å²) >= 11 is 1.12. The first-order valence-electron chi connectivity index (χ1n) is 8.37. The Kier molecular flexibility index (Phi) is 5.85. The van der Waals surface area contributed by atoms with E-state index in [1.807, 2.05) is 6.92 Å². The molecule has 0 saturated carbocycles. The van der Waals surface area contributed by atoms with Gasteiger partial charge >= 0.3 is 0 Å².